The largest absolute Gasteiger partial charge is 0.522 e. The number of amides is 2. The van der Waals surface area contributed by atoms with Crippen LogP contribution in [0, 0.1) is 0 Å². The number of rotatable bonds is 1. The molecule has 0 aromatic heterocycles. The molecule has 0 rings (SSSR count). The van der Waals surface area contributed by atoms with Crippen molar-refractivity contribution in [2.45, 2.75) is 6.92 Å². The molecule has 0 aliphatic heterocycles. The fourth-order valence-electron chi connectivity index (χ4n) is 0.394. The summed E-state index contributed by atoms with van der Waals surface area (Å²) < 4.78 is 0. The van der Waals surface area contributed by atoms with Gasteiger partial charge in [-0.3, -0.25) is 0 Å². The number of imide groups is 1. The van der Waals surface area contributed by atoms with Crippen LogP contribution >= 0.6 is 0 Å². The highest BCUT2D eigenvalue weighted by atomic mass is 16.4. The Morgan fingerprint density at radius 3 is 1.67 bits per heavy atom. The van der Waals surface area contributed by atoms with E-state index in [4.69, 9.17) is 10.2 Å². The second-order valence-electron chi connectivity index (χ2n) is 1.44. The van der Waals surface area contributed by atoms with Gasteiger partial charge in [0.1, 0.15) is 0 Å². The minimum atomic E-state index is -1.36. The number of nitrogens with one attached hydrogen (secondary N) is 1. The molecule has 3 N–H and O–H groups in total. The first-order valence-corrected chi connectivity index (χ1v) is 2.42. The highest BCUT2D eigenvalue weighted by Crippen LogP contribution is 1.54. The predicted molar refractivity (Wildman–Crippen MR) is 27.6 cm³/mol. The molecule has 0 saturated carbocycles. The van der Waals surface area contributed by atoms with Gasteiger partial charge < -0.3 is 10.2 Å². The average molecular weight is 134 g/mol. The Kier molecular flexibility index (Phi) is 2.66. The maximum atomic E-state index is 9.95. The van der Waals surface area contributed by atoms with Crippen LogP contribution in [0.4, 0.5) is 9.59 Å². The van der Waals surface area contributed by atoms with Crippen molar-refractivity contribution < 1.29 is 24.7 Å². The van der Waals surface area contributed by atoms with Crippen LogP contribution in [0.3, 0.4) is 0 Å². The van der Waals surface area contributed by atoms with E-state index >= 15 is 0 Å². The maximum absolute atomic E-state index is 9.95. The number of carboxylic acid groups (broad SMARTS) is 2. The van der Waals surface area contributed by atoms with Gasteiger partial charge in [-0.05, 0) is 6.92 Å². The van der Waals surface area contributed by atoms with E-state index < -0.39 is 17.1 Å². The molecule has 5 heteroatoms. The normalized spacial score (nSPS) is 9.56. The van der Waals surface area contributed by atoms with Crippen LogP contribution < -0.4 is 4.90 Å². The highest BCUT2D eigenvalue weighted by molar-refractivity contribution is 5.69. The third kappa shape index (κ3) is 2.09. The molecule has 2 amide bonds. The van der Waals surface area contributed by atoms with Crippen LogP contribution in [0.5, 0.6) is 0 Å². The predicted octanol–water partition coefficient (Wildman–Crippen LogP) is -0.753. The van der Waals surface area contributed by atoms with Crippen LogP contribution in [-0.4, -0.2) is 28.9 Å². The summed E-state index contributed by atoms with van der Waals surface area (Å²) in [5.74, 6) is 0. The molecule has 5 nitrogen and oxygen atoms in total. The molecular formula is C4H8NO4+. The molecule has 0 bridgehead atoms. The lowest BCUT2D eigenvalue weighted by atomic mass is 10.6. The van der Waals surface area contributed by atoms with E-state index in [0.29, 0.717) is 0 Å². The van der Waals surface area contributed by atoms with E-state index in [-0.39, 0.29) is 6.54 Å². The van der Waals surface area contributed by atoms with Gasteiger partial charge in [0.2, 0.25) is 0 Å². The van der Waals surface area contributed by atoms with E-state index in [0.717, 1.165) is 0 Å². The van der Waals surface area contributed by atoms with Crippen molar-refractivity contribution in [2.75, 3.05) is 6.54 Å². The Hall–Kier alpha value is -1.10. The zero-order valence-corrected chi connectivity index (χ0v) is 4.92. The molecule has 52 valence electrons. The first-order valence-electron chi connectivity index (χ1n) is 2.42. The van der Waals surface area contributed by atoms with E-state index in [1.165, 1.54) is 6.92 Å². The molecule has 0 aliphatic rings. The van der Waals surface area contributed by atoms with Gasteiger partial charge in [0.25, 0.3) is 0 Å². The van der Waals surface area contributed by atoms with Crippen molar-refractivity contribution in [1.82, 2.24) is 0 Å². The maximum Gasteiger partial charge on any atom is 0.522 e. The molecule has 0 atom stereocenters. The molecule has 0 fully saturated rings. The Labute approximate surface area is 51.5 Å². The molecule has 0 unspecified atom stereocenters. The Morgan fingerprint density at radius 2 is 1.67 bits per heavy atom. The van der Waals surface area contributed by atoms with E-state index in [1.807, 2.05) is 0 Å². The summed E-state index contributed by atoms with van der Waals surface area (Å²) in [6.07, 6.45) is -2.71. The summed E-state index contributed by atoms with van der Waals surface area (Å²) in [5, 5.41) is 16.3. The molecule has 0 saturated heterocycles. The third-order valence-corrected chi connectivity index (χ3v) is 0.870. The lowest BCUT2D eigenvalue weighted by Crippen LogP contribution is -3.16. The molecular weight excluding hydrogens is 126 g/mol. The summed E-state index contributed by atoms with van der Waals surface area (Å²) in [7, 11) is 0. The summed E-state index contributed by atoms with van der Waals surface area (Å²) in [5.41, 5.74) is 0. The van der Waals surface area contributed by atoms with E-state index in [1.54, 1.807) is 0 Å². The SMILES string of the molecule is CC[NH+](C(=O)O)C(=O)O. The fraction of sp³-hybridized carbons (Fsp3) is 0.500. The molecule has 0 spiro atoms. The zero-order chi connectivity index (χ0) is 7.44. The number of hydrogen-bond donors (Lipinski definition) is 3. The van der Waals surface area contributed by atoms with Crippen molar-refractivity contribution in [3.05, 3.63) is 0 Å². The van der Waals surface area contributed by atoms with Crippen molar-refractivity contribution >= 4 is 12.2 Å². The van der Waals surface area contributed by atoms with Crippen LogP contribution in [0.1, 0.15) is 6.92 Å². The number of carbonyl (C=O) groups is 2. The molecule has 0 aromatic carbocycles. The Morgan fingerprint density at radius 1 is 1.33 bits per heavy atom. The smallest absolute Gasteiger partial charge is 0.435 e. The Bertz CT molecular complexity index is 119. The van der Waals surface area contributed by atoms with Gasteiger partial charge in [0.05, 0.1) is 6.54 Å². The van der Waals surface area contributed by atoms with Crippen LogP contribution in [0.25, 0.3) is 0 Å². The zero-order valence-electron chi connectivity index (χ0n) is 4.92. The second kappa shape index (κ2) is 3.03. The van der Waals surface area contributed by atoms with Gasteiger partial charge in [-0.25, -0.2) is 0 Å². The molecule has 0 heterocycles. The topological polar surface area (TPSA) is 79.0 Å². The first-order chi connectivity index (χ1) is 4.09. The Balaban J connectivity index is 3.99. The highest BCUT2D eigenvalue weighted by Gasteiger charge is 2.24. The van der Waals surface area contributed by atoms with Crippen molar-refractivity contribution in [3.8, 4) is 0 Å². The van der Waals surface area contributed by atoms with Crippen molar-refractivity contribution in [2.24, 2.45) is 0 Å². The van der Waals surface area contributed by atoms with Gasteiger partial charge in [0, 0.05) is 0 Å². The van der Waals surface area contributed by atoms with Crippen molar-refractivity contribution in [3.63, 3.8) is 0 Å². The second-order valence-corrected chi connectivity index (χ2v) is 1.44. The van der Waals surface area contributed by atoms with E-state index in [9.17, 15) is 9.59 Å². The first kappa shape index (κ1) is 7.90. The number of hydrogen-bond acceptors (Lipinski definition) is 2. The average Bonchev–Trinajstić information content (AvgIpc) is 1.64. The monoisotopic (exact) mass is 134 g/mol. The molecule has 9 heavy (non-hydrogen) atoms. The van der Waals surface area contributed by atoms with Gasteiger partial charge in [-0.1, -0.05) is 0 Å². The van der Waals surface area contributed by atoms with Crippen LogP contribution in [0.15, 0.2) is 0 Å². The van der Waals surface area contributed by atoms with Gasteiger partial charge in [0.15, 0.2) is 0 Å². The summed E-state index contributed by atoms with van der Waals surface area (Å²) in [4.78, 5) is 19.4. The fourth-order valence-corrected chi connectivity index (χ4v) is 0.394. The van der Waals surface area contributed by atoms with Crippen LogP contribution in [-0.2, 0) is 0 Å². The molecule has 0 aromatic rings. The molecule has 0 radical (unpaired) electrons. The summed E-state index contributed by atoms with van der Waals surface area (Å²) >= 11 is 0. The summed E-state index contributed by atoms with van der Waals surface area (Å²) in [6, 6.07) is 0. The van der Waals surface area contributed by atoms with E-state index in [2.05, 4.69) is 0 Å². The molecule has 0 aliphatic carbocycles. The van der Waals surface area contributed by atoms with Crippen LogP contribution in [0.2, 0.25) is 0 Å². The third-order valence-electron chi connectivity index (χ3n) is 0.870. The minimum absolute atomic E-state index is 0.0463. The standard InChI is InChI=1S/C4H7NO4/c1-2-5(3(6)7)4(8)9/h2H2,1H3,(H,6,7)(H,8,9)/p+1. The van der Waals surface area contributed by atoms with Gasteiger partial charge >= 0.3 is 12.2 Å². The van der Waals surface area contributed by atoms with Gasteiger partial charge in [-0.15, -0.1) is 4.90 Å². The summed E-state index contributed by atoms with van der Waals surface area (Å²) in [6.45, 7) is 1.53. The quantitative estimate of drug-likeness (QED) is 0.440. The lowest BCUT2D eigenvalue weighted by Gasteiger charge is -2.00. The number of quaternary nitrogens is 1. The van der Waals surface area contributed by atoms with Gasteiger partial charge in [-0.2, -0.15) is 9.59 Å². The van der Waals surface area contributed by atoms with Crippen molar-refractivity contribution in [1.29, 1.82) is 0 Å². The minimum Gasteiger partial charge on any atom is -0.435 e. The lowest BCUT2D eigenvalue weighted by molar-refractivity contribution is -0.741.